The Morgan fingerprint density at radius 2 is 1.86 bits per heavy atom. The largest absolute Gasteiger partial charge is 0.508 e. The molecule has 0 atom stereocenters. The van der Waals surface area contributed by atoms with Gasteiger partial charge in [0.25, 0.3) is 0 Å². The van der Waals surface area contributed by atoms with E-state index in [9.17, 15) is 9.90 Å². The van der Waals surface area contributed by atoms with E-state index < -0.39 is 5.63 Å². The summed E-state index contributed by atoms with van der Waals surface area (Å²) in [6.45, 7) is 10.3. The molecule has 0 radical (unpaired) electrons. The van der Waals surface area contributed by atoms with Gasteiger partial charge in [-0.15, -0.1) is 0 Å². The van der Waals surface area contributed by atoms with E-state index in [2.05, 4.69) is 41.4 Å². The maximum Gasteiger partial charge on any atom is 0.336 e. The van der Waals surface area contributed by atoms with Gasteiger partial charge in [0.1, 0.15) is 11.3 Å². The number of phenols is 1. The first-order chi connectivity index (χ1) is 14.0. The topological polar surface area (TPSA) is 70.2 Å². The Kier molecular flexibility index (Phi) is 5.45. The van der Waals surface area contributed by atoms with Crippen molar-refractivity contribution in [2.75, 3.05) is 42.9 Å². The van der Waals surface area contributed by atoms with E-state index in [-0.39, 0.29) is 5.75 Å². The molecule has 1 aromatic heterocycles. The van der Waals surface area contributed by atoms with Gasteiger partial charge in [-0.25, -0.2) is 4.79 Å². The van der Waals surface area contributed by atoms with E-state index in [1.54, 1.807) is 24.0 Å². The van der Waals surface area contributed by atoms with Crippen molar-refractivity contribution in [3.05, 3.63) is 64.0 Å². The maximum atomic E-state index is 12.0. The van der Waals surface area contributed by atoms with Crippen molar-refractivity contribution in [3.8, 4) is 5.75 Å². The van der Waals surface area contributed by atoms with Gasteiger partial charge in [0.15, 0.2) is 0 Å². The summed E-state index contributed by atoms with van der Waals surface area (Å²) in [5.74, 6) is 0.128. The molecule has 2 aromatic carbocycles. The molecule has 3 N–H and O–H groups in total. The SMILES string of the molecule is CC[NH+]1CCN(c2ccc(NCc3cc(=O)oc4c(C)c(O)ccc34)cc2)CC1. The molecule has 6 heteroatoms. The molecular formula is C23H28N3O3+. The van der Waals surface area contributed by atoms with Crippen LogP contribution in [0, 0.1) is 6.92 Å². The van der Waals surface area contributed by atoms with E-state index in [1.165, 1.54) is 31.4 Å². The van der Waals surface area contributed by atoms with Crippen molar-refractivity contribution < 1.29 is 14.4 Å². The second-order valence-corrected chi connectivity index (χ2v) is 7.67. The fraction of sp³-hybridized carbons (Fsp3) is 0.348. The highest BCUT2D eigenvalue weighted by Crippen LogP contribution is 2.28. The Labute approximate surface area is 170 Å². The molecule has 0 spiro atoms. The maximum absolute atomic E-state index is 12.0. The molecule has 4 rings (SSSR count). The average molecular weight is 394 g/mol. The van der Waals surface area contributed by atoms with Crippen molar-refractivity contribution in [1.82, 2.24) is 0 Å². The van der Waals surface area contributed by atoms with Crippen LogP contribution in [0.2, 0.25) is 0 Å². The van der Waals surface area contributed by atoms with E-state index in [1.807, 2.05) is 0 Å². The van der Waals surface area contributed by atoms with Crippen LogP contribution in [0.5, 0.6) is 5.75 Å². The lowest BCUT2D eigenvalue weighted by Crippen LogP contribution is -3.14. The minimum atomic E-state index is -0.410. The standard InChI is InChI=1S/C23H27N3O3/c1-3-25-10-12-26(13-11-25)19-6-4-18(5-7-19)24-15-17-14-22(28)29-23-16(2)21(27)9-8-20(17)23/h4-9,14,24,27H,3,10-13,15H2,1-2H3/p+1. The summed E-state index contributed by atoms with van der Waals surface area (Å²) in [5.41, 5.74) is 3.72. The Bertz CT molecular complexity index is 1050. The van der Waals surface area contributed by atoms with Crippen LogP contribution in [-0.4, -0.2) is 37.8 Å². The van der Waals surface area contributed by atoms with Crippen LogP contribution >= 0.6 is 0 Å². The number of likely N-dealkylation sites (N-methyl/N-ethyl adjacent to an activating group) is 1. The molecule has 0 saturated carbocycles. The smallest absolute Gasteiger partial charge is 0.336 e. The van der Waals surface area contributed by atoms with E-state index in [0.717, 1.165) is 29.7 Å². The zero-order chi connectivity index (χ0) is 20.4. The molecule has 0 bridgehead atoms. The summed E-state index contributed by atoms with van der Waals surface area (Å²) in [4.78, 5) is 16.1. The van der Waals surface area contributed by atoms with Crippen LogP contribution < -0.4 is 20.7 Å². The Balaban J connectivity index is 1.47. The number of hydrogen-bond donors (Lipinski definition) is 3. The molecule has 0 aliphatic carbocycles. The van der Waals surface area contributed by atoms with Gasteiger partial charge in [-0.1, -0.05) is 0 Å². The van der Waals surface area contributed by atoms with Gasteiger partial charge < -0.3 is 24.6 Å². The second kappa shape index (κ2) is 8.17. The van der Waals surface area contributed by atoms with Crippen LogP contribution in [0.3, 0.4) is 0 Å². The number of benzene rings is 2. The van der Waals surface area contributed by atoms with Crippen molar-refractivity contribution in [2.24, 2.45) is 0 Å². The summed E-state index contributed by atoms with van der Waals surface area (Å²) in [7, 11) is 0. The molecule has 1 aliphatic heterocycles. The lowest BCUT2D eigenvalue weighted by Gasteiger charge is -2.33. The molecule has 1 fully saturated rings. The number of piperazine rings is 1. The number of nitrogens with zero attached hydrogens (tertiary/aromatic N) is 1. The first kappa shape index (κ1) is 19.3. The highest BCUT2D eigenvalue weighted by Gasteiger charge is 2.18. The molecule has 1 aliphatic rings. The van der Waals surface area contributed by atoms with Gasteiger partial charge in [0.05, 0.1) is 32.7 Å². The van der Waals surface area contributed by atoms with Crippen molar-refractivity contribution in [1.29, 1.82) is 0 Å². The average Bonchev–Trinajstić information content (AvgIpc) is 2.75. The number of aromatic hydroxyl groups is 1. The van der Waals surface area contributed by atoms with Gasteiger partial charge in [-0.05, 0) is 55.8 Å². The molecule has 3 aromatic rings. The zero-order valence-electron chi connectivity index (χ0n) is 17.0. The third kappa shape index (κ3) is 4.07. The number of anilines is 2. The number of nitrogens with one attached hydrogen (secondary N) is 2. The Hall–Kier alpha value is -2.99. The molecule has 29 heavy (non-hydrogen) atoms. The fourth-order valence-corrected chi connectivity index (χ4v) is 3.98. The van der Waals surface area contributed by atoms with E-state index in [0.29, 0.717) is 17.7 Å². The van der Waals surface area contributed by atoms with Crippen molar-refractivity contribution in [2.45, 2.75) is 20.4 Å². The first-order valence-electron chi connectivity index (χ1n) is 10.2. The lowest BCUT2D eigenvalue weighted by molar-refractivity contribution is -0.898. The van der Waals surface area contributed by atoms with Gasteiger partial charge in [0, 0.05) is 34.9 Å². The van der Waals surface area contributed by atoms with Gasteiger partial charge in [-0.3, -0.25) is 0 Å². The third-order valence-electron chi connectivity index (χ3n) is 5.90. The minimum Gasteiger partial charge on any atom is -0.508 e. The summed E-state index contributed by atoms with van der Waals surface area (Å²) in [5, 5.41) is 14.1. The number of fused-ring (bicyclic) bond motifs is 1. The molecular weight excluding hydrogens is 366 g/mol. The number of aryl methyl sites for hydroxylation is 1. The Morgan fingerprint density at radius 3 is 2.55 bits per heavy atom. The minimum absolute atomic E-state index is 0.128. The van der Waals surface area contributed by atoms with Crippen LogP contribution in [0.15, 0.2) is 51.7 Å². The molecule has 0 amide bonds. The second-order valence-electron chi connectivity index (χ2n) is 7.67. The Morgan fingerprint density at radius 1 is 1.14 bits per heavy atom. The monoisotopic (exact) mass is 394 g/mol. The zero-order valence-corrected chi connectivity index (χ0v) is 17.0. The van der Waals surface area contributed by atoms with Crippen LogP contribution in [0.25, 0.3) is 11.0 Å². The normalized spacial score (nSPS) is 15.0. The van der Waals surface area contributed by atoms with Crippen LogP contribution in [0.1, 0.15) is 18.1 Å². The number of quaternary nitrogens is 1. The van der Waals surface area contributed by atoms with Crippen molar-refractivity contribution >= 4 is 22.3 Å². The van der Waals surface area contributed by atoms with Gasteiger partial charge in [-0.2, -0.15) is 0 Å². The fourth-order valence-electron chi connectivity index (χ4n) is 3.98. The van der Waals surface area contributed by atoms with Crippen LogP contribution in [0.4, 0.5) is 11.4 Å². The molecule has 6 nitrogen and oxygen atoms in total. The molecule has 0 unspecified atom stereocenters. The number of hydrogen-bond acceptors (Lipinski definition) is 5. The van der Waals surface area contributed by atoms with E-state index in [4.69, 9.17) is 4.42 Å². The predicted octanol–water partition coefficient (Wildman–Crippen LogP) is 2.14. The van der Waals surface area contributed by atoms with Crippen LogP contribution in [-0.2, 0) is 6.54 Å². The quantitative estimate of drug-likeness (QED) is 0.579. The van der Waals surface area contributed by atoms with Gasteiger partial charge >= 0.3 is 5.63 Å². The number of phenolic OH excluding ortho intramolecular Hbond substituents is 1. The predicted molar refractivity (Wildman–Crippen MR) is 116 cm³/mol. The van der Waals surface area contributed by atoms with Gasteiger partial charge in [0.2, 0.25) is 0 Å². The molecule has 2 heterocycles. The third-order valence-corrected chi connectivity index (χ3v) is 5.90. The summed E-state index contributed by atoms with van der Waals surface area (Å²) >= 11 is 0. The summed E-state index contributed by atoms with van der Waals surface area (Å²) in [6, 6.07) is 13.4. The van der Waals surface area contributed by atoms with Crippen molar-refractivity contribution in [3.63, 3.8) is 0 Å². The number of rotatable bonds is 5. The lowest BCUT2D eigenvalue weighted by atomic mass is 10.1. The highest BCUT2D eigenvalue weighted by molar-refractivity contribution is 5.85. The first-order valence-corrected chi connectivity index (χ1v) is 10.2. The highest BCUT2D eigenvalue weighted by atomic mass is 16.4. The van der Waals surface area contributed by atoms with E-state index >= 15 is 0 Å². The molecule has 1 saturated heterocycles. The summed E-state index contributed by atoms with van der Waals surface area (Å²) < 4.78 is 5.31. The summed E-state index contributed by atoms with van der Waals surface area (Å²) in [6.07, 6.45) is 0. The molecule has 152 valence electrons.